The lowest BCUT2D eigenvalue weighted by Gasteiger charge is -2.15. The Morgan fingerprint density at radius 3 is 2.86 bits per heavy atom. The van der Waals surface area contributed by atoms with Crippen molar-refractivity contribution in [2.45, 2.75) is 11.8 Å². The van der Waals surface area contributed by atoms with Crippen molar-refractivity contribution in [2.75, 3.05) is 6.54 Å². The summed E-state index contributed by atoms with van der Waals surface area (Å²) in [5.41, 5.74) is 5.67. The number of nitrogens with zero attached hydrogens (tertiary/aromatic N) is 2. The summed E-state index contributed by atoms with van der Waals surface area (Å²) in [7, 11) is 0. The largest absolute Gasteiger partial charge is 0.266 e. The average Bonchev–Trinajstić information content (AvgIpc) is 2.67. The first kappa shape index (κ1) is 9.36. The molecular weight excluding hydrogens is 196 g/mol. The van der Waals surface area contributed by atoms with Crippen molar-refractivity contribution in [1.29, 1.82) is 0 Å². The van der Waals surface area contributed by atoms with Gasteiger partial charge in [-0.15, -0.1) is 10.6 Å². The molecule has 0 spiro atoms. The lowest BCUT2D eigenvalue weighted by molar-refractivity contribution is 0.312. The van der Waals surface area contributed by atoms with Gasteiger partial charge in [0.2, 0.25) is 5.17 Å². The maximum absolute atomic E-state index is 4.13. The molecule has 74 valence electrons. The zero-order chi connectivity index (χ0) is 9.80. The van der Waals surface area contributed by atoms with Crippen molar-refractivity contribution in [2.24, 2.45) is 5.10 Å². The van der Waals surface area contributed by atoms with E-state index in [1.54, 1.807) is 11.8 Å². The Morgan fingerprint density at radius 1 is 1.36 bits per heavy atom. The normalized spacial score (nSPS) is 15.2. The molecule has 0 amide bonds. The maximum atomic E-state index is 4.13. The number of rotatable bonds is 2. The minimum absolute atomic E-state index is 0.881. The molecule has 0 aromatic heterocycles. The van der Waals surface area contributed by atoms with Crippen LogP contribution in [0.25, 0.3) is 0 Å². The Kier molecular flexibility index (Phi) is 2.90. The second kappa shape index (κ2) is 4.34. The summed E-state index contributed by atoms with van der Waals surface area (Å²) in [5.74, 6) is 0. The molecule has 0 saturated carbocycles. The van der Waals surface area contributed by atoms with E-state index in [1.165, 1.54) is 4.90 Å². The molecule has 1 aliphatic heterocycles. The van der Waals surface area contributed by atoms with Crippen LogP contribution < -0.4 is 11.1 Å². The van der Waals surface area contributed by atoms with Crippen LogP contribution in [0.5, 0.6) is 0 Å². The van der Waals surface area contributed by atoms with Gasteiger partial charge in [-0.05, 0) is 30.8 Å². The third kappa shape index (κ3) is 2.00. The van der Waals surface area contributed by atoms with Crippen molar-refractivity contribution < 1.29 is 0 Å². The Hall–Kier alpha value is -1.20. The molecule has 1 aliphatic rings. The average molecular weight is 208 g/mol. The minimum atomic E-state index is 0.881. The van der Waals surface area contributed by atoms with Crippen molar-refractivity contribution in [3.05, 3.63) is 30.3 Å². The Labute approximate surface area is 87.3 Å². The predicted octanol–water partition coefficient (Wildman–Crippen LogP) is 1.39. The fourth-order valence-corrected chi connectivity index (χ4v) is 2.01. The van der Waals surface area contributed by atoms with Crippen LogP contribution in [0, 0.1) is 0 Å². The van der Waals surface area contributed by atoms with Gasteiger partial charge in [0.15, 0.2) is 0 Å². The Morgan fingerprint density at radius 2 is 2.14 bits per heavy atom. The Balaban J connectivity index is 2.04. The van der Waals surface area contributed by atoms with Gasteiger partial charge in [-0.25, -0.2) is 5.53 Å². The number of hydrazone groups is 1. The molecule has 1 heterocycles. The van der Waals surface area contributed by atoms with Crippen LogP contribution in [0.1, 0.15) is 6.92 Å². The highest BCUT2D eigenvalue weighted by Crippen LogP contribution is 2.20. The second-order valence-electron chi connectivity index (χ2n) is 2.78. The molecule has 2 rings (SSSR count). The van der Waals surface area contributed by atoms with Crippen molar-refractivity contribution in [3.8, 4) is 0 Å². The van der Waals surface area contributed by atoms with Gasteiger partial charge in [0.1, 0.15) is 0 Å². The van der Waals surface area contributed by atoms with E-state index in [4.69, 9.17) is 0 Å². The molecule has 0 bridgehead atoms. The van der Waals surface area contributed by atoms with E-state index >= 15 is 0 Å². The fraction of sp³-hybridized carbons (Fsp3) is 0.222. The molecular formula is C9H12N4S. The quantitative estimate of drug-likeness (QED) is 0.770. The van der Waals surface area contributed by atoms with Crippen LogP contribution in [0.3, 0.4) is 0 Å². The summed E-state index contributed by atoms with van der Waals surface area (Å²) in [5, 5.41) is 7.03. The SMILES string of the molecule is CCN1NNN=C1Sc1ccccc1. The summed E-state index contributed by atoms with van der Waals surface area (Å²) in [6.45, 7) is 2.95. The van der Waals surface area contributed by atoms with E-state index in [0.717, 1.165) is 11.7 Å². The molecule has 1 aromatic carbocycles. The number of nitrogens with one attached hydrogen (secondary N) is 2. The van der Waals surface area contributed by atoms with Gasteiger partial charge in [-0.2, -0.15) is 0 Å². The molecule has 0 fully saturated rings. The standard InChI is InChI=1S/C9H12N4S/c1-2-13-9(10-11-12-13)14-8-6-4-3-5-7-8/h3-7,11-12H,2H2,1H3. The first-order valence-electron chi connectivity index (χ1n) is 4.49. The first-order valence-corrected chi connectivity index (χ1v) is 5.30. The number of hydrogen-bond donors (Lipinski definition) is 2. The minimum Gasteiger partial charge on any atom is -0.266 e. The van der Waals surface area contributed by atoms with Crippen LogP contribution in [0.15, 0.2) is 40.3 Å². The van der Waals surface area contributed by atoms with Gasteiger partial charge in [-0.1, -0.05) is 18.2 Å². The van der Waals surface area contributed by atoms with Crippen molar-refractivity contribution in [3.63, 3.8) is 0 Å². The molecule has 14 heavy (non-hydrogen) atoms. The van der Waals surface area contributed by atoms with Gasteiger partial charge in [0, 0.05) is 11.4 Å². The number of amidine groups is 1. The van der Waals surface area contributed by atoms with Crippen LogP contribution in [0.4, 0.5) is 0 Å². The monoisotopic (exact) mass is 208 g/mol. The highest BCUT2D eigenvalue weighted by atomic mass is 32.2. The number of thioether (sulfide) groups is 1. The summed E-state index contributed by atoms with van der Waals surface area (Å²) < 4.78 is 0. The van der Waals surface area contributed by atoms with Crippen molar-refractivity contribution in [1.82, 2.24) is 16.1 Å². The van der Waals surface area contributed by atoms with E-state index in [-0.39, 0.29) is 0 Å². The summed E-state index contributed by atoms with van der Waals surface area (Å²) in [6, 6.07) is 10.2. The Bertz CT molecular complexity index is 325. The summed E-state index contributed by atoms with van der Waals surface area (Å²) in [4.78, 5) is 1.19. The number of benzene rings is 1. The van der Waals surface area contributed by atoms with Gasteiger partial charge in [0.25, 0.3) is 0 Å². The molecule has 0 radical (unpaired) electrons. The van der Waals surface area contributed by atoms with Gasteiger partial charge in [-0.3, -0.25) is 5.01 Å². The van der Waals surface area contributed by atoms with Crippen LogP contribution in [-0.4, -0.2) is 16.7 Å². The molecule has 0 saturated heterocycles. The van der Waals surface area contributed by atoms with Crippen LogP contribution in [0.2, 0.25) is 0 Å². The van der Waals surface area contributed by atoms with E-state index in [1.807, 2.05) is 23.2 Å². The molecule has 5 heteroatoms. The van der Waals surface area contributed by atoms with Crippen LogP contribution >= 0.6 is 11.8 Å². The van der Waals surface area contributed by atoms with E-state index < -0.39 is 0 Å². The van der Waals surface area contributed by atoms with Crippen LogP contribution in [-0.2, 0) is 0 Å². The zero-order valence-electron chi connectivity index (χ0n) is 7.90. The zero-order valence-corrected chi connectivity index (χ0v) is 8.71. The third-order valence-corrected chi connectivity index (χ3v) is 2.84. The highest BCUT2D eigenvalue weighted by molar-refractivity contribution is 8.13. The van der Waals surface area contributed by atoms with Gasteiger partial charge < -0.3 is 0 Å². The molecule has 0 aliphatic carbocycles. The smallest absolute Gasteiger partial charge is 0.205 e. The lowest BCUT2D eigenvalue weighted by Crippen LogP contribution is -2.39. The molecule has 2 N–H and O–H groups in total. The summed E-state index contributed by atoms with van der Waals surface area (Å²) in [6.07, 6.45) is 0. The van der Waals surface area contributed by atoms with E-state index in [2.05, 4.69) is 35.2 Å². The third-order valence-electron chi connectivity index (χ3n) is 1.84. The lowest BCUT2D eigenvalue weighted by atomic mass is 10.4. The van der Waals surface area contributed by atoms with Crippen molar-refractivity contribution >= 4 is 16.9 Å². The summed E-state index contributed by atoms with van der Waals surface area (Å²) >= 11 is 1.63. The number of hydrazine groups is 2. The fourth-order valence-electron chi connectivity index (χ4n) is 1.13. The highest BCUT2D eigenvalue weighted by Gasteiger charge is 2.15. The number of hydrogen-bond acceptors (Lipinski definition) is 5. The van der Waals surface area contributed by atoms with E-state index in [0.29, 0.717) is 0 Å². The predicted molar refractivity (Wildman–Crippen MR) is 58.4 cm³/mol. The topological polar surface area (TPSA) is 39.7 Å². The second-order valence-corrected chi connectivity index (χ2v) is 3.82. The molecule has 0 atom stereocenters. The maximum Gasteiger partial charge on any atom is 0.205 e. The van der Waals surface area contributed by atoms with Gasteiger partial charge in [0.05, 0.1) is 0 Å². The first-order chi connectivity index (χ1) is 6.90. The van der Waals surface area contributed by atoms with E-state index in [9.17, 15) is 0 Å². The van der Waals surface area contributed by atoms with Gasteiger partial charge >= 0.3 is 0 Å². The molecule has 1 aromatic rings. The molecule has 4 nitrogen and oxygen atoms in total. The molecule has 0 unspecified atom stereocenters.